The molecule has 1 aromatic carbocycles. The van der Waals surface area contributed by atoms with Crippen molar-refractivity contribution in [3.8, 4) is 0 Å². The lowest BCUT2D eigenvalue weighted by atomic mass is 9.93. The molecular formula is C29H35NO4. The van der Waals surface area contributed by atoms with Crippen LogP contribution in [0.5, 0.6) is 0 Å². The number of ether oxygens (including phenoxy) is 2. The number of epoxide rings is 1. The largest absolute Gasteiger partial charge is 0.378 e. The molecule has 1 saturated heterocycles. The fourth-order valence-corrected chi connectivity index (χ4v) is 6.13. The van der Waals surface area contributed by atoms with Gasteiger partial charge in [0.15, 0.2) is 0 Å². The van der Waals surface area contributed by atoms with Gasteiger partial charge in [0.2, 0.25) is 0 Å². The van der Waals surface area contributed by atoms with Crippen LogP contribution < -0.4 is 0 Å². The Kier molecular flexibility index (Phi) is 6.84. The SMILES string of the molecule is C=CC1CC(C=CC2CC(C=C)C(COCC3CO3)C2)C(CN2C(=O)c3ccccc3C2=O)C1. The molecule has 5 nitrogen and oxygen atoms in total. The molecule has 1 aromatic rings. The van der Waals surface area contributed by atoms with E-state index in [9.17, 15) is 9.59 Å². The molecule has 2 amide bonds. The quantitative estimate of drug-likeness (QED) is 0.282. The number of amides is 2. The second-order valence-corrected chi connectivity index (χ2v) is 10.4. The van der Waals surface area contributed by atoms with Crippen LogP contribution in [0.1, 0.15) is 46.4 Å². The van der Waals surface area contributed by atoms with Crippen molar-refractivity contribution in [3.63, 3.8) is 0 Å². The summed E-state index contributed by atoms with van der Waals surface area (Å²) in [5, 5.41) is 0. The summed E-state index contributed by atoms with van der Waals surface area (Å²) >= 11 is 0. The minimum Gasteiger partial charge on any atom is -0.378 e. The maximum atomic E-state index is 12.9. The molecule has 5 heteroatoms. The average Bonchev–Trinajstić information content (AvgIpc) is 3.39. The van der Waals surface area contributed by atoms with Crippen LogP contribution in [0.15, 0.2) is 61.7 Å². The van der Waals surface area contributed by atoms with Gasteiger partial charge < -0.3 is 9.47 Å². The summed E-state index contributed by atoms with van der Waals surface area (Å²) in [6.45, 7) is 10.8. The van der Waals surface area contributed by atoms with Gasteiger partial charge in [-0.25, -0.2) is 0 Å². The molecule has 180 valence electrons. The van der Waals surface area contributed by atoms with Gasteiger partial charge in [0.1, 0.15) is 6.10 Å². The van der Waals surface area contributed by atoms with Crippen LogP contribution in [0.25, 0.3) is 0 Å². The van der Waals surface area contributed by atoms with E-state index in [1.165, 1.54) is 4.90 Å². The van der Waals surface area contributed by atoms with Crippen molar-refractivity contribution in [1.29, 1.82) is 0 Å². The summed E-state index contributed by atoms with van der Waals surface area (Å²) in [5.74, 6) is 2.20. The monoisotopic (exact) mass is 461 g/mol. The van der Waals surface area contributed by atoms with E-state index in [1.54, 1.807) is 12.1 Å². The van der Waals surface area contributed by atoms with Crippen molar-refractivity contribution in [1.82, 2.24) is 4.90 Å². The van der Waals surface area contributed by atoms with Gasteiger partial charge in [0.25, 0.3) is 11.8 Å². The molecule has 7 atom stereocenters. The number of rotatable bonds is 10. The topological polar surface area (TPSA) is 59.1 Å². The minimum absolute atomic E-state index is 0.158. The first-order chi connectivity index (χ1) is 16.6. The lowest BCUT2D eigenvalue weighted by Crippen LogP contribution is -2.35. The van der Waals surface area contributed by atoms with Gasteiger partial charge in [0, 0.05) is 6.54 Å². The van der Waals surface area contributed by atoms with Crippen molar-refractivity contribution < 1.29 is 19.1 Å². The molecule has 0 aromatic heterocycles. The number of hydrogen-bond acceptors (Lipinski definition) is 4. The first-order valence-corrected chi connectivity index (χ1v) is 12.6. The lowest BCUT2D eigenvalue weighted by Gasteiger charge is -2.22. The van der Waals surface area contributed by atoms with E-state index in [2.05, 4.69) is 31.4 Å². The summed E-state index contributed by atoms with van der Waals surface area (Å²) in [5.41, 5.74) is 1.06. The molecule has 0 radical (unpaired) electrons. The standard InChI is InChI=1S/C29H35NO4/c1-3-19-11-22(10-9-20-13-21(4-2)24(14-20)16-33-17-25-18-34-25)23(12-19)15-30-28(31)26-7-5-6-8-27(26)29(30)32/h3-10,19-25H,1-2,11-18H2. The number of allylic oxidation sites excluding steroid dienone is 4. The number of hydrogen-bond donors (Lipinski definition) is 0. The highest BCUT2D eigenvalue weighted by molar-refractivity contribution is 6.21. The number of carbonyl (C=O) groups is 2. The van der Waals surface area contributed by atoms with E-state index in [0.717, 1.165) is 38.9 Å². The minimum atomic E-state index is -0.158. The predicted molar refractivity (Wildman–Crippen MR) is 131 cm³/mol. The molecule has 5 rings (SSSR count). The molecule has 7 unspecified atom stereocenters. The molecule has 0 bridgehead atoms. The zero-order valence-corrected chi connectivity index (χ0v) is 19.8. The fourth-order valence-electron chi connectivity index (χ4n) is 6.13. The molecule has 0 N–H and O–H groups in total. The predicted octanol–water partition coefficient (Wildman–Crippen LogP) is 4.91. The van der Waals surface area contributed by atoms with Crippen molar-refractivity contribution in [3.05, 3.63) is 72.9 Å². The molecule has 34 heavy (non-hydrogen) atoms. The zero-order chi connectivity index (χ0) is 23.7. The summed E-state index contributed by atoms with van der Waals surface area (Å²) in [6, 6.07) is 7.14. The number of nitrogens with zero attached hydrogens (tertiary/aromatic N) is 1. The van der Waals surface area contributed by atoms with Crippen LogP contribution >= 0.6 is 0 Å². The first kappa shape index (κ1) is 23.3. The van der Waals surface area contributed by atoms with Gasteiger partial charge in [-0.1, -0.05) is 36.4 Å². The lowest BCUT2D eigenvalue weighted by molar-refractivity contribution is 0.0622. The highest BCUT2D eigenvalue weighted by atomic mass is 16.6. The molecule has 2 saturated carbocycles. The normalized spacial score (nSPS) is 34.7. The van der Waals surface area contributed by atoms with Crippen molar-refractivity contribution in [2.75, 3.05) is 26.4 Å². The van der Waals surface area contributed by atoms with Gasteiger partial charge >= 0.3 is 0 Å². The third kappa shape index (κ3) is 4.82. The first-order valence-electron chi connectivity index (χ1n) is 12.6. The third-order valence-electron chi connectivity index (χ3n) is 8.17. The summed E-state index contributed by atoms with van der Waals surface area (Å²) in [7, 11) is 0. The van der Waals surface area contributed by atoms with Gasteiger partial charge in [0.05, 0.1) is 30.9 Å². The van der Waals surface area contributed by atoms with Crippen LogP contribution in [-0.4, -0.2) is 49.2 Å². The Morgan fingerprint density at radius 2 is 1.56 bits per heavy atom. The average molecular weight is 462 g/mol. The van der Waals surface area contributed by atoms with E-state index in [0.29, 0.717) is 60.0 Å². The molecule has 0 spiro atoms. The second-order valence-electron chi connectivity index (χ2n) is 10.4. The molecule has 2 heterocycles. The molecule has 3 fully saturated rings. The van der Waals surface area contributed by atoms with Crippen LogP contribution in [0.4, 0.5) is 0 Å². The smallest absolute Gasteiger partial charge is 0.261 e. The molecule has 2 aliphatic carbocycles. The summed E-state index contributed by atoms with van der Waals surface area (Å²) in [4.78, 5) is 27.3. The third-order valence-corrected chi connectivity index (χ3v) is 8.17. The Bertz CT molecular complexity index is 945. The van der Waals surface area contributed by atoms with Crippen LogP contribution in [0, 0.1) is 35.5 Å². The summed E-state index contributed by atoms with van der Waals surface area (Å²) in [6.07, 6.45) is 13.4. The Morgan fingerprint density at radius 1 is 0.882 bits per heavy atom. The van der Waals surface area contributed by atoms with E-state index in [4.69, 9.17) is 9.47 Å². The van der Waals surface area contributed by atoms with E-state index in [1.807, 2.05) is 18.2 Å². The number of fused-ring (bicyclic) bond motifs is 1. The van der Waals surface area contributed by atoms with Crippen LogP contribution in [0.3, 0.4) is 0 Å². The van der Waals surface area contributed by atoms with Crippen molar-refractivity contribution in [2.24, 2.45) is 35.5 Å². The number of imide groups is 1. The maximum Gasteiger partial charge on any atom is 0.261 e. The molecule has 4 aliphatic rings. The van der Waals surface area contributed by atoms with Crippen molar-refractivity contribution in [2.45, 2.75) is 31.8 Å². The van der Waals surface area contributed by atoms with Gasteiger partial charge in [-0.15, -0.1) is 13.2 Å². The van der Waals surface area contributed by atoms with Crippen molar-refractivity contribution >= 4 is 11.8 Å². The Labute approximate surface area is 202 Å². The molecular weight excluding hydrogens is 426 g/mol. The van der Waals surface area contributed by atoms with E-state index < -0.39 is 0 Å². The Hall–Kier alpha value is -2.50. The zero-order valence-electron chi connectivity index (χ0n) is 19.8. The highest BCUT2D eigenvalue weighted by Gasteiger charge is 2.40. The number of carbonyl (C=O) groups excluding carboxylic acids is 2. The van der Waals surface area contributed by atoms with E-state index in [-0.39, 0.29) is 17.7 Å². The Morgan fingerprint density at radius 3 is 2.21 bits per heavy atom. The molecule has 2 aliphatic heterocycles. The van der Waals surface area contributed by atoms with Crippen LogP contribution in [-0.2, 0) is 9.47 Å². The van der Waals surface area contributed by atoms with Crippen LogP contribution in [0.2, 0.25) is 0 Å². The van der Waals surface area contributed by atoms with Gasteiger partial charge in [-0.2, -0.15) is 0 Å². The Balaban J connectivity index is 1.21. The second kappa shape index (κ2) is 10.0. The highest BCUT2D eigenvalue weighted by Crippen LogP contribution is 2.42. The van der Waals surface area contributed by atoms with Gasteiger partial charge in [-0.05, 0) is 73.3 Å². The fraction of sp³-hybridized carbons (Fsp3) is 0.517. The maximum absolute atomic E-state index is 12.9. The van der Waals surface area contributed by atoms with Gasteiger partial charge in [-0.3, -0.25) is 14.5 Å². The number of benzene rings is 1. The summed E-state index contributed by atoms with van der Waals surface area (Å²) < 4.78 is 11.1. The van der Waals surface area contributed by atoms with E-state index >= 15 is 0 Å².